The molecule has 0 aliphatic carbocycles. The van der Waals surface area contributed by atoms with E-state index < -0.39 is 5.60 Å². The van der Waals surface area contributed by atoms with E-state index in [-0.39, 0.29) is 29.9 Å². The predicted octanol–water partition coefficient (Wildman–Crippen LogP) is 3.18. The molecule has 6 nitrogen and oxygen atoms in total. The molecule has 0 N–H and O–H groups in total. The van der Waals surface area contributed by atoms with Crippen molar-refractivity contribution in [2.24, 2.45) is 5.92 Å². The van der Waals surface area contributed by atoms with Crippen LogP contribution in [0.15, 0.2) is 0 Å². The van der Waals surface area contributed by atoms with Gasteiger partial charge >= 0.3 is 6.09 Å². The zero-order valence-electron chi connectivity index (χ0n) is 16.1. The minimum Gasteiger partial charge on any atom is -0.444 e. The first-order valence-electron chi connectivity index (χ1n) is 9.42. The van der Waals surface area contributed by atoms with Gasteiger partial charge in [0.1, 0.15) is 11.4 Å². The highest BCUT2D eigenvalue weighted by molar-refractivity contribution is 5.81. The molecular weight excluding hydrogens is 322 g/mol. The molecule has 2 unspecified atom stereocenters. The molecular formula is C19H33NO5. The van der Waals surface area contributed by atoms with E-state index in [1.54, 1.807) is 7.11 Å². The van der Waals surface area contributed by atoms with Crippen LogP contribution >= 0.6 is 0 Å². The van der Waals surface area contributed by atoms with Crippen LogP contribution in [0.1, 0.15) is 59.3 Å². The Hall–Kier alpha value is -1.14. The molecule has 144 valence electrons. The van der Waals surface area contributed by atoms with Gasteiger partial charge in [-0.1, -0.05) is 0 Å². The first-order valence-corrected chi connectivity index (χ1v) is 9.42. The Morgan fingerprint density at radius 2 is 1.68 bits per heavy atom. The third kappa shape index (κ3) is 5.96. The highest BCUT2D eigenvalue weighted by Crippen LogP contribution is 2.38. The van der Waals surface area contributed by atoms with Crippen molar-refractivity contribution in [2.75, 3.05) is 26.9 Å². The normalized spacial score (nSPS) is 26.4. The number of fused-ring (bicyclic) bond motifs is 2. The maximum absolute atomic E-state index is 12.6. The third-order valence-electron chi connectivity index (χ3n) is 4.96. The van der Waals surface area contributed by atoms with Crippen LogP contribution in [0.5, 0.6) is 0 Å². The summed E-state index contributed by atoms with van der Waals surface area (Å²) in [7, 11) is 1.63. The molecule has 1 amide bonds. The van der Waals surface area contributed by atoms with Crippen molar-refractivity contribution in [1.29, 1.82) is 0 Å². The smallest absolute Gasteiger partial charge is 0.410 e. The van der Waals surface area contributed by atoms with Gasteiger partial charge in [0, 0.05) is 31.5 Å². The molecule has 2 heterocycles. The number of carbonyl (C=O) groups is 2. The second-order valence-corrected chi connectivity index (χ2v) is 8.12. The lowest BCUT2D eigenvalue weighted by Crippen LogP contribution is -2.56. The van der Waals surface area contributed by atoms with E-state index in [4.69, 9.17) is 14.2 Å². The molecule has 6 heteroatoms. The monoisotopic (exact) mass is 355 g/mol. The number of methoxy groups -OCH3 is 1. The lowest BCUT2D eigenvalue weighted by Gasteiger charge is -2.48. The predicted molar refractivity (Wildman–Crippen MR) is 94.5 cm³/mol. The topological polar surface area (TPSA) is 65.1 Å². The Morgan fingerprint density at radius 3 is 2.24 bits per heavy atom. The van der Waals surface area contributed by atoms with E-state index in [2.05, 4.69) is 0 Å². The van der Waals surface area contributed by atoms with Crippen molar-refractivity contribution in [3.63, 3.8) is 0 Å². The maximum Gasteiger partial charge on any atom is 0.410 e. The Bertz CT molecular complexity index is 445. The van der Waals surface area contributed by atoms with Crippen LogP contribution in [0, 0.1) is 5.92 Å². The zero-order valence-corrected chi connectivity index (χ0v) is 16.1. The summed E-state index contributed by atoms with van der Waals surface area (Å²) in [6.07, 6.45) is 4.78. The highest BCUT2D eigenvalue weighted by atomic mass is 16.6. The molecule has 0 aromatic rings. The molecule has 2 fully saturated rings. The molecule has 2 rings (SSSR count). The molecule has 0 aromatic heterocycles. The minimum atomic E-state index is -0.489. The van der Waals surface area contributed by atoms with E-state index in [9.17, 15) is 9.59 Å². The number of ketones is 1. The lowest BCUT2D eigenvalue weighted by molar-refractivity contribution is -0.128. The number of Topliss-reactive ketones (excluding diaryl/α,β-unsaturated/α-hetero) is 1. The van der Waals surface area contributed by atoms with Gasteiger partial charge in [0.05, 0.1) is 19.8 Å². The summed E-state index contributed by atoms with van der Waals surface area (Å²) in [6.45, 7) is 7.18. The molecule has 2 atom stereocenters. The Morgan fingerprint density at radius 1 is 1.04 bits per heavy atom. The van der Waals surface area contributed by atoms with E-state index in [0.29, 0.717) is 26.2 Å². The summed E-state index contributed by atoms with van der Waals surface area (Å²) < 4.78 is 15.9. The standard InChI is InChI=1S/C19H33NO5/c1-19(2,3)25-18(22)20-15-6-5-7-16(20)13-14(12-15)17(21)8-9-24-11-10-23-4/h14-16H,5-13H2,1-4H3. The van der Waals surface area contributed by atoms with Crippen molar-refractivity contribution < 1.29 is 23.8 Å². The number of ether oxygens (including phenoxy) is 3. The molecule has 2 aliphatic heterocycles. The summed E-state index contributed by atoms with van der Waals surface area (Å²) in [5, 5.41) is 0. The van der Waals surface area contributed by atoms with Crippen molar-refractivity contribution in [2.45, 2.75) is 77.0 Å². The van der Waals surface area contributed by atoms with Gasteiger partial charge in [0.25, 0.3) is 0 Å². The highest BCUT2D eigenvalue weighted by Gasteiger charge is 2.44. The fraction of sp³-hybridized carbons (Fsp3) is 0.895. The number of hydrogen-bond acceptors (Lipinski definition) is 5. The van der Waals surface area contributed by atoms with Crippen LogP contribution in [0.3, 0.4) is 0 Å². The summed E-state index contributed by atoms with van der Waals surface area (Å²) >= 11 is 0. The number of hydrogen-bond donors (Lipinski definition) is 0. The molecule has 25 heavy (non-hydrogen) atoms. The Balaban J connectivity index is 1.87. The van der Waals surface area contributed by atoms with Crippen molar-refractivity contribution in [3.05, 3.63) is 0 Å². The van der Waals surface area contributed by atoms with Crippen LogP contribution in [0.2, 0.25) is 0 Å². The fourth-order valence-corrected chi connectivity index (χ4v) is 3.88. The van der Waals surface area contributed by atoms with E-state index in [0.717, 1.165) is 32.1 Å². The van der Waals surface area contributed by atoms with Gasteiger partial charge in [0.15, 0.2) is 0 Å². The summed E-state index contributed by atoms with van der Waals surface area (Å²) in [6, 6.07) is 0.261. The van der Waals surface area contributed by atoms with Gasteiger partial charge in [-0.2, -0.15) is 0 Å². The van der Waals surface area contributed by atoms with Crippen LogP contribution in [0.25, 0.3) is 0 Å². The Kier molecular flexibility index (Phi) is 7.25. The molecule has 2 saturated heterocycles. The summed E-state index contributed by atoms with van der Waals surface area (Å²) in [5.41, 5.74) is -0.489. The van der Waals surface area contributed by atoms with Crippen LogP contribution in [-0.2, 0) is 19.0 Å². The lowest BCUT2D eigenvalue weighted by atomic mass is 9.76. The van der Waals surface area contributed by atoms with Crippen molar-refractivity contribution in [1.82, 2.24) is 4.90 Å². The second kappa shape index (κ2) is 8.99. The van der Waals surface area contributed by atoms with Gasteiger partial charge in [-0.25, -0.2) is 4.79 Å². The van der Waals surface area contributed by atoms with E-state index >= 15 is 0 Å². The van der Waals surface area contributed by atoms with Crippen LogP contribution in [-0.4, -0.2) is 61.4 Å². The van der Waals surface area contributed by atoms with Gasteiger partial charge in [0.2, 0.25) is 0 Å². The van der Waals surface area contributed by atoms with Gasteiger partial charge in [-0.15, -0.1) is 0 Å². The first-order chi connectivity index (χ1) is 11.8. The first kappa shape index (κ1) is 20.2. The molecule has 2 bridgehead atoms. The average Bonchev–Trinajstić information content (AvgIpc) is 2.51. The summed E-state index contributed by atoms with van der Waals surface area (Å²) in [4.78, 5) is 27.0. The number of amides is 1. The third-order valence-corrected chi connectivity index (χ3v) is 4.96. The maximum atomic E-state index is 12.6. The Labute approximate surface area is 151 Å². The van der Waals surface area contributed by atoms with E-state index in [1.807, 2.05) is 25.7 Å². The number of nitrogens with zero attached hydrogens (tertiary/aromatic N) is 1. The summed E-state index contributed by atoms with van der Waals surface area (Å²) in [5.74, 6) is 0.304. The number of rotatable bonds is 7. The molecule has 2 aliphatic rings. The number of carbonyl (C=O) groups excluding carboxylic acids is 2. The largest absolute Gasteiger partial charge is 0.444 e. The van der Waals surface area contributed by atoms with Crippen LogP contribution in [0.4, 0.5) is 4.79 Å². The van der Waals surface area contributed by atoms with Crippen LogP contribution < -0.4 is 0 Å². The second-order valence-electron chi connectivity index (χ2n) is 8.12. The molecule has 0 aromatic carbocycles. The van der Waals surface area contributed by atoms with Gasteiger partial charge < -0.3 is 19.1 Å². The van der Waals surface area contributed by atoms with Crippen molar-refractivity contribution >= 4 is 11.9 Å². The SMILES string of the molecule is COCCOCCC(=O)C1CC2CCCC(C1)N2C(=O)OC(C)(C)C. The minimum absolute atomic E-state index is 0.0417. The zero-order chi connectivity index (χ0) is 18.4. The van der Waals surface area contributed by atoms with Gasteiger partial charge in [-0.3, -0.25) is 4.79 Å². The quantitative estimate of drug-likeness (QED) is 0.656. The van der Waals surface area contributed by atoms with E-state index in [1.165, 1.54) is 0 Å². The number of piperidine rings is 2. The molecule has 0 spiro atoms. The molecule has 0 radical (unpaired) electrons. The molecule has 0 saturated carbocycles. The fourth-order valence-electron chi connectivity index (χ4n) is 3.88. The van der Waals surface area contributed by atoms with Gasteiger partial charge in [-0.05, 0) is 52.9 Å². The average molecular weight is 355 g/mol. The van der Waals surface area contributed by atoms with Crippen molar-refractivity contribution in [3.8, 4) is 0 Å².